The number of rotatable bonds is 6. The third-order valence-corrected chi connectivity index (χ3v) is 7.12. The number of sulfonamides is 1. The highest BCUT2D eigenvalue weighted by Gasteiger charge is 2.26. The predicted octanol–water partition coefficient (Wildman–Crippen LogP) is 3.33. The molecule has 0 atom stereocenters. The van der Waals surface area contributed by atoms with Gasteiger partial charge in [-0.05, 0) is 63.8 Å². The second-order valence-electron chi connectivity index (χ2n) is 6.01. The molecule has 0 amide bonds. The summed E-state index contributed by atoms with van der Waals surface area (Å²) in [5.41, 5.74) is 3.81. The lowest BCUT2D eigenvalue weighted by Crippen LogP contribution is -2.25. The zero-order chi connectivity index (χ0) is 15.9. The number of nitrogens with zero attached hydrogens (tertiary/aromatic N) is 1. The van der Waals surface area contributed by atoms with E-state index in [2.05, 4.69) is 29.2 Å². The van der Waals surface area contributed by atoms with E-state index in [1.54, 1.807) is 6.07 Å². The molecule has 0 aliphatic heterocycles. The summed E-state index contributed by atoms with van der Waals surface area (Å²) < 4.78 is 29.9. The zero-order valence-electron chi connectivity index (χ0n) is 13.2. The minimum absolute atomic E-state index is 0.397. The van der Waals surface area contributed by atoms with E-state index in [9.17, 15) is 8.42 Å². The molecule has 0 spiro atoms. The fourth-order valence-corrected chi connectivity index (χ4v) is 5.30. The topological polar surface area (TPSA) is 51.1 Å². The van der Waals surface area contributed by atoms with Crippen molar-refractivity contribution in [3.63, 3.8) is 0 Å². The monoisotopic (exact) mass is 338 g/mol. The van der Waals surface area contributed by atoms with Crippen molar-refractivity contribution in [2.75, 3.05) is 6.54 Å². The second kappa shape index (κ2) is 5.83. The van der Waals surface area contributed by atoms with Gasteiger partial charge in [0.2, 0.25) is 10.0 Å². The van der Waals surface area contributed by atoms with Crippen LogP contribution in [0.1, 0.15) is 40.7 Å². The van der Waals surface area contributed by atoms with E-state index in [-0.39, 0.29) is 0 Å². The van der Waals surface area contributed by atoms with E-state index in [0.717, 1.165) is 11.3 Å². The van der Waals surface area contributed by atoms with E-state index in [4.69, 9.17) is 0 Å². The molecule has 1 aliphatic carbocycles. The van der Waals surface area contributed by atoms with Crippen LogP contribution >= 0.6 is 11.3 Å². The number of hydrogen-bond donors (Lipinski definition) is 1. The Morgan fingerprint density at radius 1 is 1.27 bits per heavy atom. The first-order valence-corrected chi connectivity index (χ1v) is 9.92. The summed E-state index contributed by atoms with van der Waals surface area (Å²) in [4.78, 5) is 1.01. The van der Waals surface area contributed by atoms with Gasteiger partial charge in [-0.1, -0.05) is 0 Å². The van der Waals surface area contributed by atoms with Crippen LogP contribution in [0.25, 0.3) is 0 Å². The van der Waals surface area contributed by atoms with Gasteiger partial charge in [-0.3, -0.25) is 0 Å². The molecule has 2 heterocycles. The first kappa shape index (κ1) is 15.8. The molecule has 4 nitrogen and oxygen atoms in total. The Morgan fingerprint density at radius 2 is 2.00 bits per heavy atom. The van der Waals surface area contributed by atoms with Crippen LogP contribution < -0.4 is 4.72 Å². The smallest absolute Gasteiger partial charge is 0.250 e. The minimum Gasteiger partial charge on any atom is -0.346 e. The van der Waals surface area contributed by atoms with Crippen molar-refractivity contribution in [3.8, 4) is 0 Å². The molecule has 0 bridgehead atoms. The van der Waals surface area contributed by atoms with Crippen molar-refractivity contribution >= 4 is 21.4 Å². The summed E-state index contributed by atoms with van der Waals surface area (Å²) in [7, 11) is -3.37. The average molecular weight is 338 g/mol. The fraction of sp³-hybridized carbons (Fsp3) is 0.500. The number of nitrogens with one attached hydrogen (secondary N) is 1. The third-order valence-electron chi connectivity index (χ3n) is 4.17. The van der Waals surface area contributed by atoms with Crippen LogP contribution in [0.2, 0.25) is 0 Å². The number of aromatic nitrogens is 1. The van der Waals surface area contributed by atoms with Gasteiger partial charge in [-0.2, -0.15) is 0 Å². The normalized spacial score (nSPS) is 15.4. The lowest BCUT2D eigenvalue weighted by atomic mass is 10.2. The number of thiophene rings is 1. The van der Waals surface area contributed by atoms with Crippen molar-refractivity contribution in [2.24, 2.45) is 0 Å². The Balaban J connectivity index is 1.65. The zero-order valence-corrected chi connectivity index (χ0v) is 14.9. The van der Waals surface area contributed by atoms with E-state index in [0.29, 0.717) is 16.8 Å². The van der Waals surface area contributed by atoms with E-state index >= 15 is 0 Å². The molecule has 0 radical (unpaired) electrons. The van der Waals surface area contributed by atoms with Gasteiger partial charge in [-0.25, -0.2) is 13.1 Å². The Bertz CT molecular complexity index is 783. The number of aryl methyl sites for hydroxylation is 2. The first-order chi connectivity index (χ1) is 10.4. The summed E-state index contributed by atoms with van der Waals surface area (Å²) >= 11 is 1.31. The van der Waals surface area contributed by atoms with Gasteiger partial charge < -0.3 is 4.57 Å². The Hall–Kier alpha value is -1.11. The van der Waals surface area contributed by atoms with Gasteiger partial charge in [0.05, 0.1) is 0 Å². The molecule has 1 fully saturated rings. The van der Waals surface area contributed by atoms with Gasteiger partial charge in [0, 0.05) is 28.9 Å². The van der Waals surface area contributed by atoms with Crippen LogP contribution in [-0.4, -0.2) is 19.5 Å². The van der Waals surface area contributed by atoms with Crippen LogP contribution in [0, 0.1) is 20.8 Å². The summed E-state index contributed by atoms with van der Waals surface area (Å²) in [6.07, 6.45) is 3.26. The molecule has 22 heavy (non-hydrogen) atoms. The lowest BCUT2D eigenvalue weighted by molar-refractivity contribution is 0.583. The van der Waals surface area contributed by atoms with Gasteiger partial charge in [0.15, 0.2) is 0 Å². The molecule has 2 aromatic rings. The van der Waals surface area contributed by atoms with Crippen LogP contribution in [0.15, 0.2) is 22.4 Å². The standard InChI is InChI=1S/C16H22N2O2S2/c1-11-10-14(13(3)18(11)15-5-6-15)8-9-17-22(19,20)16-7-4-12(2)21-16/h4,7,10,15,17H,5-6,8-9H2,1-3H3. The van der Waals surface area contributed by atoms with Crippen LogP contribution in [0.5, 0.6) is 0 Å². The van der Waals surface area contributed by atoms with E-state index in [1.165, 1.54) is 41.1 Å². The maximum atomic E-state index is 12.2. The van der Waals surface area contributed by atoms with Gasteiger partial charge in [0.1, 0.15) is 4.21 Å². The van der Waals surface area contributed by atoms with Crippen molar-refractivity contribution < 1.29 is 8.42 Å². The van der Waals surface area contributed by atoms with Crippen LogP contribution in [-0.2, 0) is 16.4 Å². The van der Waals surface area contributed by atoms with Crippen molar-refractivity contribution in [2.45, 2.75) is 50.3 Å². The first-order valence-electron chi connectivity index (χ1n) is 7.62. The van der Waals surface area contributed by atoms with E-state index < -0.39 is 10.0 Å². The largest absolute Gasteiger partial charge is 0.346 e. The molecule has 3 rings (SSSR count). The predicted molar refractivity (Wildman–Crippen MR) is 90.1 cm³/mol. The van der Waals surface area contributed by atoms with Crippen molar-refractivity contribution in [1.29, 1.82) is 0 Å². The third kappa shape index (κ3) is 3.14. The summed E-state index contributed by atoms with van der Waals surface area (Å²) in [6, 6.07) is 6.36. The van der Waals surface area contributed by atoms with Crippen molar-refractivity contribution in [1.82, 2.24) is 9.29 Å². The maximum absolute atomic E-state index is 12.2. The lowest BCUT2D eigenvalue weighted by Gasteiger charge is -2.08. The van der Waals surface area contributed by atoms with Gasteiger partial charge >= 0.3 is 0 Å². The summed E-state index contributed by atoms with van der Waals surface area (Å²) in [5.74, 6) is 0. The van der Waals surface area contributed by atoms with Crippen molar-refractivity contribution in [3.05, 3.63) is 40.0 Å². The maximum Gasteiger partial charge on any atom is 0.250 e. The Morgan fingerprint density at radius 3 is 2.59 bits per heavy atom. The quantitative estimate of drug-likeness (QED) is 0.878. The molecule has 0 aromatic carbocycles. The molecule has 120 valence electrons. The molecule has 1 saturated carbocycles. The molecule has 0 saturated heterocycles. The minimum atomic E-state index is -3.37. The van der Waals surface area contributed by atoms with Gasteiger partial charge in [0.25, 0.3) is 0 Å². The molecule has 2 aromatic heterocycles. The summed E-state index contributed by atoms with van der Waals surface area (Å²) in [5, 5.41) is 0. The van der Waals surface area contributed by atoms with Crippen LogP contribution in [0.4, 0.5) is 0 Å². The molecule has 1 aliphatic rings. The fourth-order valence-electron chi connectivity index (χ4n) is 2.94. The Kier molecular flexibility index (Phi) is 4.18. The number of hydrogen-bond acceptors (Lipinski definition) is 3. The second-order valence-corrected chi connectivity index (χ2v) is 9.29. The molecular formula is C16H22N2O2S2. The highest BCUT2D eigenvalue weighted by molar-refractivity contribution is 7.91. The summed E-state index contributed by atoms with van der Waals surface area (Å²) in [6.45, 7) is 6.62. The highest BCUT2D eigenvalue weighted by atomic mass is 32.2. The van der Waals surface area contributed by atoms with Crippen LogP contribution in [0.3, 0.4) is 0 Å². The average Bonchev–Trinajstić information content (AvgIpc) is 3.10. The molecule has 1 N–H and O–H groups in total. The Labute approximate surface area is 136 Å². The highest BCUT2D eigenvalue weighted by Crippen LogP contribution is 2.38. The SMILES string of the molecule is Cc1ccc(S(=O)(=O)NCCc2cc(C)n(C3CC3)c2C)s1. The van der Waals surface area contributed by atoms with Gasteiger partial charge in [-0.15, -0.1) is 11.3 Å². The molecule has 6 heteroatoms. The van der Waals surface area contributed by atoms with E-state index in [1.807, 2.05) is 13.0 Å². The molecule has 0 unspecified atom stereocenters. The molecular weight excluding hydrogens is 316 g/mol.